The molecule has 2 amide bonds. The van der Waals surface area contributed by atoms with Crippen LogP contribution in [0.5, 0.6) is 0 Å². The first kappa shape index (κ1) is 19.2. The van der Waals surface area contributed by atoms with Gasteiger partial charge in [0.15, 0.2) is 0 Å². The third kappa shape index (κ3) is 4.14. The summed E-state index contributed by atoms with van der Waals surface area (Å²) in [6.07, 6.45) is 8.55. The van der Waals surface area contributed by atoms with Gasteiger partial charge >= 0.3 is 6.09 Å². The predicted octanol–water partition coefficient (Wildman–Crippen LogP) is 4.36. The van der Waals surface area contributed by atoms with Crippen LogP contribution in [0.3, 0.4) is 0 Å². The molecular formula is C21H24BrN3O3. The lowest BCUT2D eigenvalue weighted by Gasteiger charge is -2.26. The van der Waals surface area contributed by atoms with Crippen LogP contribution in [0.4, 0.5) is 4.79 Å². The van der Waals surface area contributed by atoms with E-state index in [9.17, 15) is 9.59 Å². The lowest BCUT2D eigenvalue weighted by molar-refractivity contribution is -0.130. The monoisotopic (exact) mass is 445 g/mol. The minimum atomic E-state index is -0.530. The van der Waals surface area contributed by atoms with Gasteiger partial charge in [0.05, 0.1) is 29.2 Å². The molecule has 0 bridgehead atoms. The minimum absolute atomic E-state index is 0.0351. The Morgan fingerprint density at radius 1 is 1.25 bits per heavy atom. The number of rotatable bonds is 6. The third-order valence-corrected chi connectivity index (χ3v) is 6.19. The topological polar surface area (TPSA) is 64.4 Å². The molecule has 1 aromatic heterocycles. The summed E-state index contributed by atoms with van der Waals surface area (Å²) in [4.78, 5) is 26.8. The number of hydrogen-bond donors (Lipinski definition) is 0. The highest BCUT2D eigenvalue weighted by Crippen LogP contribution is 2.37. The minimum Gasteiger partial charge on any atom is -0.447 e. The lowest BCUT2D eigenvalue weighted by Crippen LogP contribution is -2.41. The molecule has 1 saturated carbocycles. The molecule has 2 heterocycles. The van der Waals surface area contributed by atoms with Crippen LogP contribution in [0, 0.1) is 5.92 Å². The summed E-state index contributed by atoms with van der Waals surface area (Å²) in [7, 11) is 0. The van der Waals surface area contributed by atoms with Gasteiger partial charge in [0.2, 0.25) is 5.91 Å². The van der Waals surface area contributed by atoms with Gasteiger partial charge in [0.1, 0.15) is 6.61 Å². The van der Waals surface area contributed by atoms with E-state index in [1.165, 1.54) is 17.7 Å². The van der Waals surface area contributed by atoms with Gasteiger partial charge in [-0.1, -0.05) is 43.2 Å². The molecule has 1 saturated heterocycles. The molecule has 2 aromatic rings. The zero-order valence-corrected chi connectivity index (χ0v) is 17.3. The number of carbonyl (C=O) groups is 2. The van der Waals surface area contributed by atoms with Gasteiger partial charge in [-0.05, 0) is 46.7 Å². The number of ether oxygens (including phenoxy) is 1. The Hall–Kier alpha value is -2.15. The number of imide groups is 1. The number of hydrogen-bond acceptors (Lipinski definition) is 4. The Morgan fingerprint density at radius 2 is 2.00 bits per heavy atom. The Morgan fingerprint density at radius 3 is 2.68 bits per heavy atom. The molecule has 0 radical (unpaired) electrons. The Labute approximate surface area is 173 Å². The van der Waals surface area contributed by atoms with Crippen LogP contribution in [-0.4, -0.2) is 39.3 Å². The van der Waals surface area contributed by atoms with Crippen LogP contribution in [-0.2, 0) is 16.0 Å². The summed E-state index contributed by atoms with van der Waals surface area (Å²) < 4.78 is 8.00. The summed E-state index contributed by atoms with van der Waals surface area (Å²) in [5, 5.41) is 4.43. The van der Waals surface area contributed by atoms with Crippen molar-refractivity contribution in [2.45, 2.75) is 50.6 Å². The fraction of sp³-hybridized carbons (Fsp3) is 0.476. The first-order valence-corrected chi connectivity index (χ1v) is 10.6. The molecule has 2 fully saturated rings. The van der Waals surface area contributed by atoms with E-state index in [1.807, 2.05) is 41.2 Å². The van der Waals surface area contributed by atoms with Crippen LogP contribution in [0.15, 0.2) is 47.2 Å². The molecule has 0 spiro atoms. The second-order valence-electron chi connectivity index (χ2n) is 7.64. The standard InChI is InChI=1S/C21H24BrN3O3/c22-17-12-23-24(13-17)19(16-8-4-5-9-16)11-20(26)25-18(14-28-21(25)27)10-15-6-2-1-3-7-15/h1-3,6-7,12-13,16,18-19H,4-5,8-11,14H2/t18-,19-/m1/s1. The summed E-state index contributed by atoms with van der Waals surface area (Å²) in [6.45, 7) is 0.251. The number of nitrogens with zero attached hydrogens (tertiary/aromatic N) is 3. The van der Waals surface area contributed by atoms with Crippen molar-refractivity contribution in [1.29, 1.82) is 0 Å². The molecule has 2 aliphatic rings. The summed E-state index contributed by atoms with van der Waals surface area (Å²) in [5.74, 6) is 0.230. The van der Waals surface area contributed by atoms with Crippen LogP contribution in [0.2, 0.25) is 0 Å². The van der Waals surface area contributed by atoms with E-state index >= 15 is 0 Å². The van der Waals surface area contributed by atoms with E-state index in [4.69, 9.17) is 4.74 Å². The molecule has 2 atom stereocenters. The Balaban J connectivity index is 1.51. The highest BCUT2D eigenvalue weighted by Gasteiger charge is 2.40. The molecule has 28 heavy (non-hydrogen) atoms. The van der Waals surface area contributed by atoms with Gasteiger partial charge in [-0.25, -0.2) is 9.69 Å². The highest BCUT2D eigenvalue weighted by molar-refractivity contribution is 9.10. The van der Waals surface area contributed by atoms with E-state index in [1.54, 1.807) is 6.20 Å². The zero-order chi connectivity index (χ0) is 19.5. The molecule has 1 aliphatic heterocycles. The number of amides is 2. The van der Waals surface area contributed by atoms with E-state index in [0.717, 1.165) is 22.9 Å². The van der Waals surface area contributed by atoms with Crippen LogP contribution in [0.1, 0.15) is 43.7 Å². The van der Waals surface area contributed by atoms with Gasteiger partial charge in [-0.2, -0.15) is 5.10 Å². The SMILES string of the molecule is O=C(C[C@H](C1CCCC1)n1cc(Br)cn1)N1C(=O)OC[C@H]1Cc1ccccc1. The van der Waals surface area contributed by atoms with Crippen molar-refractivity contribution in [3.63, 3.8) is 0 Å². The predicted molar refractivity (Wildman–Crippen MR) is 108 cm³/mol. The number of benzene rings is 1. The molecule has 1 aromatic carbocycles. The van der Waals surface area contributed by atoms with Crippen molar-refractivity contribution in [3.8, 4) is 0 Å². The second-order valence-corrected chi connectivity index (χ2v) is 8.55. The second kappa shape index (κ2) is 8.47. The lowest BCUT2D eigenvalue weighted by atomic mass is 9.94. The molecule has 4 rings (SSSR count). The van der Waals surface area contributed by atoms with Crippen LogP contribution >= 0.6 is 15.9 Å². The Bertz CT molecular complexity index is 832. The largest absolute Gasteiger partial charge is 0.447 e. The van der Waals surface area contributed by atoms with Gasteiger partial charge in [0.25, 0.3) is 0 Å². The highest BCUT2D eigenvalue weighted by atomic mass is 79.9. The number of halogens is 1. The van der Waals surface area contributed by atoms with Crippen molar-refractivity contribution in [3.05, 3.63) is 52.8 Å². The molecule has 0 N–H and O–H groups in total. The number of cyclic esters (lactones) is 1. The number of aromatic nitrogens is 2. The summed E-state index contributed by atoms with van der Waals surface area (Å²) in [5.41, 5.74) is 1.09. The molecule has 148 valence electrons. The molecule has 1 aliphatic carbocycles. The molecule has 7 heteroatoms. The molecular weight excluding hydrogens is 422 g/mol. The number of carbonyl (C=O) groups excluding carboxylic acids is 2. The van der Waals surface area contributed by atoms with Gasteiger partial charge in [0, 0.05) is 6.20 Å². The van der Waals surface area contributed by atoms with Crippen LogP contribution in [0.25, 0.3) is 0 Å². The Kier molecular flexibility index (Phi) is 5.80. The quantitative estimate of drug-likeness (QED) is 0.662. The van der Waals surface area contributed by atoms with Gasteiger partial charge in [-0.3, -0.25) is 9.48 Å². The van der Waals surface area contributed by atoms with E-state index in [2.05, 4.69) is 21.0 Å². The summed E-state index contributed by atoms with van der Waals surface area (Å²) >= 11 is 3.44. The van der Waals surface area contributed by atoms with E-state index < -0.39 is 6.09 Å². The van der Waals surface area contributed by atoms with Gasteiger partial charge < -0.3 is 4.74 Å². The van der Waals surface area contributed by atoms with E-state index in [0.29, 0.717) is 12.3 Å². The molecule has 0 unspecified atom stereocenters. The summed E-state index contributed by atoms with van der Waals surface area (Å²) in [6, 6.07) is 9.61. The van der Waals surface area contributed by atoms with Crippen molar-refractivity contribution in [2.24, 2.45) is 5.92 Å². The van der Waals surface area contributed by atoms with Crippen molar-refractivity contribution < 1.29 is 14.3 Å². The van der Waals surface area contributed by atoms with Crippen molar-refractivity contribution in [2.75, 3.05) is 6.61 Å². The normalized spacial score (nSPS) is 21.1. The average molecular weight is 446 g/mol. The maximum Gasteiger partial charge on any atom is 0.416 e. The molecule has 6 nitrogen and oxygen atoms in total. The van der Waals surface area contributed by atoms with Crippen molar-refractivity contribution in [1.82, 2.24) is 14.7 Å². The van der Waals surface area contributed by atoms with Crippen LogP contribution < -0.4 is 0 Å². The fourth-order valence-electron chi connectivity index (χ4n) is 4.39. The van der Waals surface area contributed by atoms with Gasteiger partial charge in [-0.15, -0.1) is 0 Å². The fourth-order valence-corrected chi connectivity index (χ4v) is 4.70. The maximum atomic E-state index is 13.2. The first-order valence-electron chi connectivity index (χ1n) is 9.84. The van der Waals surface area contributed by atoms with Crippen molar-refractivity contribution >= 4 is 27.9 Å². The smallest absolute Gasteiger partial charge is 0.416 e. The third-order valence-electron chi connectivity index (χ3n) is 5.78. The van der Waals surface area contributed by atoms with E-state index in [-0.39, 0.29) is 31.0 Å². The first-order chi connectivity index (χ1) is 13.6. The zero-order valence-electron chi connectivity index (χ0n) is 15.7. The average Bonchev–Trinajstić information content (AvgIpc) is 3.43. The maximum absolute atomic E-state index is 13.2.